The minimum Gasteiger partial charge on any atom is -0.317 e. The predicted molar refractivity (Wildman–Crippen MR) is 82.2 cm³/mol. The molecule has 2 heterocycles. The van der Waals surface area contributed by atoms with Crippen molar-refractivity contribution in [3.63, 3.8) is 0 Å². The van der Waals surface area contributed by atoms with Crippen LogP contribution in [0.3, 0.4) is 0 Å². The van der Waals surface area contributed by atoms with E-state index in [0.717, 1.165) is 12.0 Å². The van der Waals surface area contributed by atoms with Crippen LogP contribution in [0.2, 0.25) is 0 Å². The summed E-state index contributed by atoms with van der Waals surface area (Å²) in [4.78, 5) is 2.66. The molecule has 2 aliphatic rings. The molecule has 1 atom stereocenters. The van der Waals surface area contributed by atoms with E-state index in [1.165, 1.54) is 52.1 Å². The standard InChI is InChI=1S/C11H23N3.2C2H6/c1-10-8-13-6-7-14(10)9-11-2-4-12-5-3-11;2*1-2/h10-13H,2-9H2,1H3;2*1-2H3/t10-;;/m0../s1. The first-order valence-corrected chi connectivity index (χ1v) is 8.02. The van der Waals surface area contributed by atoms with E-state index in [1.54, 1.807) is 0 Å². The molecule has 18 heavy (non-hydrogen) atoms. The molecular formula is C15H35N3. The van der Waals surface area contributed by atoms with Gasteiger partial charge in [0.25, 0.3) is 0 Å². The Morgan fingerprint density at radius 1 is 0.944 bits per heavy atom. The molecule has 0 saturated carbocycles. The highest BCUT2D eigenvalue weighted by Gasteiger charge is 2.22. The zero-order chi connectivity index (χ0) is 13.8. The van der Waals surface area contributed by atoms with Crippen LogP contribution in [0.1, 0.15) is 47.5 Å². The topological polar surface area (TPSA) is 27.3 Å². The minimum atomic E-state index is 0.735. The lowest BCUT2D eigenvalue weighted by Crippen LogP contribution is -2.51. The second-order valence-corrected chi connectivity index (χ2v) is 4.74. The van der Waals surface area contributed by atoms with Gasteiger partial charge in [0, 0.05) is 32.2 Å². The molecule has 0 radical (unpaired) electrons. The highest BCUT2D eigenvalue weighted by atomic mass is 15.2. The van der Waals surface area contributed by atoms with E-state index in [4.69, 9.17) is 0 Å². The number of hydrogen-bond donors (Lipinski definition) is 2. The number of nitrogens with one attached hydrogen (secondary N) is 2. The summed E-state index contributed by atoms with van der Waals surface area (Å²) in [7, 11) is 0. The highest BCUT2D eigenvalue weighted by Crippen LogP contribution is 2.15. The Morgan fingerprint density at radius 2 is 1.56 bits per heavy atom. The van der Waals surface area contributed by atoms with Crippen LogP contribution in [0, 0.1) is 5.92 Å². The lowest BCUT2D eigenvalue weighted by atomic mass is 9.96. The normalized spacial score (nSPS) is 25.5. The molecule has 0 aromatic heterocycles. The summed E-state index contributed by atoms with van der Waals surface area (Å²) in [6, 6.07) is 0.735. The summed E-state index contributed by atoms with van der Waals surface area (Å²) in [5.41, 5.74) is 0. The summed E-state index contributed by atoms with van der Waals surface area (Å²) in [6.07, 6.45) is 2.74. The van der Waals surface area contributed by atoms with Gasteiger partial charge in [-0.3, -0.25) is 4.90 Å². The maximum Gasteiger partial charge on any atom is 0.0193 e. The monoisotopic (exact) mass is 257 g/mol. The van der Waals surface area contributed by atoms with Crippen molar-refractivity contribution in [2.75, 3.05) is 39.3 Å². The first-order chi connectivity index (χ1) is 8.86. The lowest BCUT2D eigenvalue weighted by molar-refractivity contribution is 0.136. The molecule has 0 bridgehead atoms. The van der Waals surface area contributed by atoms with Gasteiger partial charge >= 0.3 is 0 Å². The van der Waals surface area contributed by atoms with Crippen LogP contribution in [0.5, 0.6) is 0 Å². The van der Waals surface area contributed by atoms with Gasteiger partial charge in [-0.05, 0) is 38.8 Å². The molecule has 2 rings (SSSR count). The van der Waals surface area contributed by atoms with Crippen LogP contribution < -0.4 is 10.6 Å². The van der Waals surface area contributed by atoms with E-state index in [-0.39, 0.29) is 0 Å². The van der Waals surface area contributed by atoms with Gasteiger partial charge in [0.05, 0.1) is 0 Å². The molecule has 2 saturated heterocycles. The Kier molecular flexibility index (Phi) is 11.9. The maximum absolute atomic E-state index is 3.45. The SMILES string of the molecule is CC.CC.C[C@H]1CNCCN1CC1CCNCC1. The van der Waals surface area contributed by atoms with Gasteiger partial charge in [0.1, 0.15) is 0 Å². The van der Waals surface area contributed by atoms with Gasteiger partial charge in [-0.2, -0.15) is 0 Å². The Balaban J connectivity index is 0.000000659. The van der Waals surface area contributed by atoms with Crippen molar-refractivity contribution in [2.24, 2.45) is 5.92 Å². The van der Waals surface area contributed by atoms with Crippen molar-refractivity contribution in [1.29, 1.82) is 0 Å². The van der Waals surface area contributed by atoms with Crippen LogP contribution in [0.4, 0.5) is 0 Å². The van der Waals surface area contributed by atoms with E-state index in [0.29, 0.717) is 0 Å². The Labute approximate surface area is 115 Å². The fraction of sp³-hybridized carbons (Fsp3) is 1.00. The fourth-order valence-electron chi connectivity index (χ4n) is 2.55. The van der Waals surface area contributed by atoms with E-state index in [1.807, 2.05) is 27.7 Å². The van der Waals surface area contributed by atoms with Crippen molar-refractivity contribution < 1.29 is 0 Å². The largest absolute Gasteiger partial charge is 0.317 e. The average molecular weight is 257 g/mol. The van der Waals surface area contributed by atoms with E-state index < -0.39 is 0 Å². The lowest BCUT2D eigenvalue weighted by Gasteiger charge is -2.37. The molecule has 3 heteroatoms. The molecular weight excluding hydrogens is 222 g/mol. The molecule has 2 N–H and O–H groups in total. The van der Waals surface area contributed by atoms with Crippen molar-refractivity contribution >= 4 is 0 Å². The summed E-state index contributed by atoms with van der Waals surface area (Å²) < 4.78 is 0. The summed E-state index contributed by atoms with van der Waals surface area (Å²) in [5, 5.41) is 6.88. The van der Waals surface area contributed by atoms with Gasteiger partial charge in [-0.15, -0.1) is 0 Å². The maximum atomic E-state index is 3.45. The number of hydrogen-bond acceptors (Lipinski definition) is 3. The van der Waals surface area contributed by atoms with Crippen molar-refractivity contribution in [2.45, 2.75) is 53.5 Å². The van der Waals surface area contributed by atoms with E-state index in [9.17, 15) is 0 Å². The predicted octanol–water partition coefficient (Wildman–Crippen LogP) is 2.33. The van der Waals surface area contributed by atoms with Crippen LogP contribution in [-0.4, -0.2) is 50.2 Å². The molecule has 0 aliphatic carbocycles. The van der Waals surface area contributed by atoms with E-state index >= 15 is 0 Å². The fourth-order valence-corrected chi connectivity index (χ4v) is 2.55. The Morgan fingerprint density at radius 3 is 2.11 bits per heavy atom. The van der Waals surface area contributed by atoms with Gasteiger partial charge < -0.3 is 10.6 Å². The van der Waals surface area contributed by atoms with Crippen LogP contribution >= 0.6 is 0 Å². The molecule has 0 unspecified atom stereocenters. The summed E-state index contributed by atoms with van der Waals surface area (Å²) in [6.45, 7) is 17.7. The second kappa shape index (κ2) is 11.9. The van der Waals surface area contributed by atoms with Crippen LogP contribution in [0.25, 0.3) is 0 Å². The van der Waals surface area contributed by atoms with Gasteiger partial charge in [-0.25, -0.2) is 0 Å². The van der Waals surface area contributed by atoms with Crippen LogP contribution in [0.15, 0.2) is 0 Å². The minimum absolute atomic E-state index is 0.735. The molecule has 0 amide bonds. The zero-order valence-electron chi connectivity index (χ0n) is 13.3. The molecule has 0 spiro atoms. The van der Waals surface area contributed by atoms with Gasteiger partial charge in [-0.1, -0.05) is 27.7 Å². The Bertz CT molecular complexity index is 167. The number of rotatable bonds is 2. The molecule has 0 aromatic carbocycles. The van der Waals surface area contributed by atoms with Crippen molar-refractivity contribution in [3.8, 4) is 0 Å². The first-order valence-electron chi connectivity index (χ1n) is 8.02. The van der Waals surface area contributed by atoms with E-state index in [2.05, 4.69) is 22.5 Å². The number of piperidine rings is 1. The van der Waals surface area contributed by atoms with Crippen molar-refractivity contribution in [3.05, 3.63) is 0 Å². The first kappa shape index (κ1) is 17.9. The zero-order valence-corrected chi connectivity index (χ0v) is 13.3. The number of nitrogens with zero attached hydrogens (tertiary/aromatic N) is 1. The summed E-state index contributed by atoms with van der Waals surface area (Å²) >= 11 is 0. The van der Waals surface area contributed by atoms with Gasteiger partial charge in [0.15, 0.2) is 0 Å². The number of piperazine rings is 1. The van der Waals surface area contributed by atoms with Gasteiger partial charge in [0.2, 0.25) is 0 Å². The smallest absolute Gasteiger partial charge is 0.0193 e. The van der Waals surface area contributed by atoms with Crippen molar-refractivity contribution in [1.82, 2.24) is 15.5 Å². The Hall–Kier alpha value is -0.120. The molecule has 0 aromatic rings. The van der Waals surface area contributed by atoms with Crippen LogP contribution in [-0.2, 0) is 0 Å². The average Bonchev–Trinajstić information content (AvgIpc) is 2.47. The third kappa shape index (κ3) is 6.72. The molecule has 2 fully saturated rings. The molecule has 110 valence electrons. The summed E-state index contributed by atoms with van der Waals surface area (Å²) in [5.74, 6) is 0.941. The third-order valence-corrected chi connectivity index (χ3v) is 3.59. The second-order valence-electron chi connectivity index (χ2n) is 4.74. The third-order valence-electron chi connectivity index (χ3n) is 3.59. The highest BCUT2D eigenvalue weighted by molar-refractivity contribution is 4.80. The molecule has 3 nitrogen and oxygen atoms in total. The molecule has 2 aliphatic heterocycles. The quantitative estimate of drug-likeness (QED) is 0.795.